The predicted octanol–water partition coefficient (Wildman–Crippen LogP) is -2.91. The molecule has 248 valence electrons. The van der Waals surface area contributed by atoms with Gasteiger partial charge in [0.25, 0.3) is 0 Å². The van der Waals surface area contributed by atoms with Crippen molar-refractivity contribution >= 4 is 35.7 Å². The average Bonchev–Trinajstić information content (AvgIpc) is 3.01. The highest BCUT2D eigenvalue weighted by Crippen LogP contribution is 2.30. The van der Waals surface area contributed by atoms with Gasteiger partial charge in [0.15, 0.2) is 46.6 Å². The molecule has 2 aromatic rings. The summed E-state index contributed by atoms with van der Waals surface area (Å²) < 4.78 is 21.7. The molecule has 0 heterocycles. The number of hydrogen-bond acceptors (Lipinski definition) is 8. The van der Waals surface area contributed by atoms with Crippen molar-refractivity contribution in [2.45, 2.75) is 59.0 Å². The Bertz CT molecular complexity index is 1260. The molecule has 0 aliphatic carbocycles. The first-order chi connectivity index (χ1) is 20.4. The van der Waals surface area contributed by atoms with E-state index < -0.39 is 24.0 Å². The molecule has 0 amide bonds. The van der Waals surface area contributed by atoms with Gasteiger partial charge in [-0.15, -0.1) is 0 Å². The zero-order valence-electron chi connectivity index (χ0n) is 26.6. The monoisotopic (exact) mass is 666 g/mol. The summed E-state index contributed by atoms with van der Waals surface area (Å²) in [5, 5.41) is 0. The number of hydrogen-bond donors (Lipinski definition) is 2. The molecular weight excluding hydrogens is 623 g/mol. The van der Waals surface area contributed by atoms with Crippen molar-refractivity contribution in [1.82, 2.24) is 0 Å². The molecule has 2 aromatic carbocycles. The molecule has 45 heavy (non-hydrogen) atoms. The maximum Gasteiger partial charge on any atom is 0.370 e. The Kier molecular flexibility index (Phi) is 18.7. The second-order valence-corrected chi connectivity index (χ2v) is 10.4. The Labute approximate surface area is 277 Å². The van der Waals surface area contributed by atoms with Crippen LogP contribution in [-0.2, 0) is 19.2 Å². The first-order valence-electron chi connectivity index (χ1n) is 14.3. The van der Waals surface area contributed by atoms with Gasteiger partial charge in [-0.3, -0.25) is 9.59 Å². The number of quaternary nitrogens is 2. The Balaban J connectivity index is 0.00000968. The van der Waals surface area contributed by atoms with Crippen molar-refractivity contribution in [2.24, 2.45) is 11.8 Å². The normalized spacial score (nSPS) is 13.5. The lowest BCUT2D eigenvalue weighted by molar-refractivity contribution is -0.418. The second-order valence-electron chi connectivity index (χ2n) is 10.4. The number of ether oxygens (including phenoxy) is 4. The third-order valence-electron chi connectivity index (χ3n) is 7.34. The third kappa shape index (κ3) is 12.7. The number of halogens is 2. The zero-order chi connectivity index (χ0) is 32.1. The average molecular weight is 668 g/mol. The smallest absolute Gasteiger partial charge is 0.370 e. The minimum atomic E-state index is -0.509. The summed E-state index contributed by atoms with van der Waals surface area (Å²) >= 11 is 0. The number of allylic oxidation sites excluding steroid dienone is 2. The van der Waals surface area contributed by atoms with Crippen LogP contribution in [0.5, 0.6) is 23.0 Å². The minimum Gasteiger partial charge on any atom is -1.00 e. The maximum atomic E-state index is 12.4. The molecule has 0 bridgehead atoms. The van der Waals surface area contributed by atoms with Crippen molar-refractivity contribution < 1.29 is 74.4 Å². The molecule has 0 saturated heterocycles. The van der Waals surface area contributed by atoms with Gasteiger partial charge in [0.2, 0.25) is 0 Å². The van der Waals surface area contributed by atoms with Crippen molar-refractivity contribution in [3.05, 3.63) is 59.7 Å². The van der Waals surface area contributed by atoms with Gasteiger partial charge in [-0.05, 0) is 60.4 Å². The molecule has 0 radical (unpaired) electrons. The number of carbonyl (C=O) groups is 4. The van der Waals surface area contributed by atoms with Crippen LogP contribution in [0.4, 0.5) is 0 Å². The van der Waals surface area contributed by atoms with Crippen LogP contribution in [0.25, 0.3) is 12.2 Å². The van der Waals surface area contributed by atoms with E-state index in [1.165, 1.54) is 26.4 Å². The van der Waals surface area contributed by atoms with Crippen molar-refractivity contribution in [3.8, 4) is 23.0 Å². The summed E-state index contributed by atoms with van der Waals surface area (Å²) in [4.78, 5) is 49.6. The predicted molar refractivity (Wildman–Crippen MR) is 162 cm³/mol. The van der Waals surface area contributed by atoms with Crippen LogP contribution in [0.2, 0.25) is 0 Å². The molecule has 2 rings (SSSR count). The summed E-state index contributed by atoms with van der Waals surface area (Å²) in [5.74, 6) is -0.340. The maximum absolute atomic E-state index is 12.4. The molecule has 10 nitrogen and oxygen atoms in total. The Morgan fingerprint density at radius 2 is 1.02 bits per heavy atom. The summed E-state index contributed by atoms with van der Waals surface area (Å²) in [6.07, 6.45) is 7.00. The molecule has 0 aliphatic heterocycles. The van der Waals surface area contributed by atoms with Crippen molar-refractivity contribution in [1.29, 1.82) is 0 Å². The molecule has 12 heteroatoms. The van der Waals surface area contributed by atoms with E-state index in [9.17, 15) is 19.2 Å². The molecule has 6 N–H and O–H groups in total. The Hall–Kier alpha value is -3.70. The van der Waals surface area contributed by atoms with Crippen LogP contribution in [0.15, 0.2) is 48.6 Å². The topological polar surface area (TPSA) is 160 Å². The fourth-order valence-corrected chi connectivity index (χ4v) is 3.81. The van der Waals surface area contributed by atoms with E-state index in [1.807, 2.05) is 27.7 Å². The Morgan fingerprint density at radius 1 is 0.667 bits per heavy atom. The van der Waals surface area contributed by atoms with Crippen LogP contribution in [-0.4, -0.2) is 49.8 Å². The highest BCUT2D eigenvalue weighted by Gasteiger charge is 2.27. The fraction of sp³-hybridized carbons (Fsp3) is 0.394. The first kappa shape index (κ1) is 41.3. The van der Waals surface area contributed by atoms with E-state index in [1.54, 1.807) is 48.6 Å². The number of methoxy groups -OCH3 is 2. The molecule has 0 fully saturated rings. The number of rotatable bonds is 16. The lowest BCUT2D eigenvalue weighted by Crippen LogP contribution is -3.00. The largest absolute Gasteiger partial charge is 1.00 e. The van der Waals surface area contributed by atoms with Gasteiger partial charge >= 0.3 is 11.9 Å². The van der Waals surface area contributed by atoms with Gasteiger partial charge < -0.3 is 55.2 Å². The van der Waals surface area contributed by atoms with Crippen LogP contribution in [0.1, 0.15) is 58.1 Å². The van der Waals surface area contributed by atoms with Gasteiger partial charge in [-0.2, -0.15) is 0 Å². The molecule has 0 spiro atoms. The SMILES string of the molecule is CC[C@H](C)[C@H]([NH3+])C(=O)Oc1ccc(/C=C/C(=O)CC(=O)/C=C/c2ccc(OC(=O)[C@@H]([NH3+])[C@@H](C)CC)c(OC)c2)cc1OC.[Cl-].[Cl-]. The summed E-state index contributed by atoms with van der Waals surface area (Å²) in [6, 6.07) is 8.76. The van der Waals surface area contributed by atoms with E-state index in [-0.39, 0.29) is 66.1 Å². The van der Waals surface area contributed by atoms with Crippen LogP contribution in [0, 0.1) is 11.8 Å². The van der Waals surface area contributed by atoms with Gasteiger partial charge in [0.05, 0.1) is 20.6 Å². The van der Waals surface area contributed by atoms with E-state index in [4.69, 9.17) is 18.9 Å². The van der Waals surface area contributed by atoms with Crippen molar-refractivity contribution in [2.75, 3.05) is 14.2 Å². The highest BCUT2D eigenvalue weighted by atomic mass is 35.5. The molecular formula is C33H44Cl2N2O8. The molecule has 0 unspecified atom stereocenters. The first-order valence-corrected chi connectivity index (χ1v) is 14.3. The van der Waals surface area contributed by atoms with Crippen molar-refractivity contribution in [3.63, 3.8) is 0 Å². The van der Waals surface area contributed by atoms with E-state index in [2.05, 4.69) is 11.5 Å². The fourth-order valence-electron chi connectivity index (χ4n) is 3.81. The van der Waals surface area contributed by atoms with E-state index in [0.29, 0.717) is 22.6 Å². The number of esters is 2. The standard InChI is InChI=1S/C33H42N2O8.2ClH/c1-7-20(3)30(34)32(38)42-26-15-11-22(17-28(26)40-5)9-13-24(36)19-25(37)14-10-23-12-16-27(29(18-23)41-6)43-33(39)31(35)21(4)8-2;;/h9-18,20-21,30-31H,7-8,19,34-35H2,1-6H3;2*1H/b13-9+,14-10+;;/t20-,21-,30-,31-;;/m0../s1. The Morgan fingerprint density at radius 3 is 1.33 bits per heavy atom. The van der Waals surface area contributed by atoms with Crippen LogP contribution < -0.4 is 55.2 Å². The summed E-state index contributed by atoms with van der Waals surface area (Å²) in [5.41, 5.74) is 9.04. The van der Waals surface area contributed by atoms with E-state index >= 15 is 0 Å². The van der Waals surface area contributed by atoms with Gasteiger partial charge in [0, 0.05) is 11.8 Å². The van der Waals surface area contributed by atoms with Crippen LogP contribution in [0.3, 0.4) is 0 Å². The summed E-state index contributed by atoms with van der Waals surface area (Å²) in [7, 11) is 2.91. The van der Waals surface area contributed by atoms with Crippen LogP contribution >= 0.6 is 0 Å². The minimum absolute atomic E-state index is 0. The lowest BCUT2D eigenvalue weighted by Gasteiger charge is -2.15. The second kappa shape index (κ2) is 20.4. The highest BCUT2D eigenvalue weighted by molar-refractivity contribution is 6.10. The number of ketones is 2. The van der Waals surface area contributed by atoms with Gasteiger partial charge in [-0.25, -0.2) is 9.59 Å². The van der Waals surface area contributed by atoms with Gasteiger partial charge in [0.1, 0.15) is 0 Å². The lowest BCUT2D eigenvalue weighted by atomic mass is 10.0. The number of benzene rings is 2. The molecule has 0 aliphatic rings. The zero-order valence-corrected chi connectivity index (χ0v) is 28.2. The molecule has 0 aromatic heterocycles. The quantitative estimate of drug-likeness (QED) is 0.0835. The van der Waals surface area contributed by atoms with E-state index in [0.717, 1.165) is 12.8 Å². The van der Waals surface area contributed by atoms with Gasteiger partial charge in [-0.1, -0.05) is 52.0 Å². The molecule has 0 saturated carbocycles. The number of carbonyl (C=O) groups excluding carboxylic acids is 4. The summed E-state index contributed by atoms with van der Waals surface area (Å²) in [6.45, 7) is 7.83. The third-order valence-corrected chi connectivity index (χ3v) is 7.34. The molecule has 4 atom stereocenters.